The van der Waals surface area contributed by atoms with Crippen LogP contribution in [0, 0.1) is 0 Å². The molecular formula is C4H10INS. The molecular weight excluding hydrogens is 221 g/mol. The van der Waals surface area contributed by atoms with Gasteiger partial charge in [-0.05, 0) is 20.8 Å². The Kier molecular flexibility index (Phi) is 2.93. The van der Waals surface area contributed by atoms with Gasteiger partial charge in [-0.1, -0.05) is 12.8 Å². The molecule has 7 heavy (non-hydrogen) atoms. The second-order valence-electron chi connectivity index (χ2n) is 2.43. The molecule has 0 aromatic heterocycles. The van der Waals surface area contributed by atoms with Crippen molar-refractivity contribution in [2.45, 2.75) is 26.3 Å². The predicted octanol–water partition coefficient (Wildman–Crippen LogP) is 2.28. The van der Waals surface area contributed by atoms with E-state index in [1.54, 1.807) is 0 Å². The first kappa shape index (κ1) is 8.04. The molecule has 0 aliphatic heterocycles. The van der Waals surface area contributed by atoms with Gasteiger partial charge < -0.3 is 0 Å². The summed E-state index contributed by atoms with van der Waals surface area (Å²) in [5.74, 6) is 0. The number of hydrogen-bond donors (Lipinski definition) is 1. The Morgan fingerprint density at radius 1 is 1.43 bits per heavy atom. The summed E-state index contributed by atoms with van der Waals surface area (Å²) in [4.78, 5) is 0. The van der Waals surface area contributed by atoms with Crippen LogP contribution < -0.4 is 0 Å². The molecule has 0 spiro atoms. The maximum atomic E-state index is 4.10. The van der Waals surface area contributed by atoms with Gasteiger partial charge in [0.1, 0.15) is 0 Å². The number of rotatable bonds is 0. The molecule has 0 amide bonds. The third-order valence-electron chi connectivity index (χ3n) is 0.554. The largest absolute Gasteiger partial charge is 0.189 e. The second kappa shape index (κ2) is 2.55. The summed E-state index contributed by atoms with van der Waals surface area (Å²) < 4.78 is 1.85. The monoisotopic (exact) mass is 231 g/mol. The van der Waals surface area contributed by atoms with Gasteiger partial charge in [0.25, 0.3) is 0 Å². The van der Waals surface area contributed by atoms with Crippen molar-refractivity contribution in [3.63, 3.8) is 0 Å². The summed E-state index contributed by atoms with van der Waals surface area (Å²) in [5.41, 5.74) is 0.184. The van der Waals surface area contributed by atoms with Gasteiger partial charge in [0, 0.05) is 28.4 Å². The Balaban J connectivity index is 3.54. The third-order valence-corrected chi connectivity index (χ3v) is 2.60. The highest BCUT2D eigenvalue weighted by molar-refractivity contribution is 14.1. The molecule has 0 rings (SSSR count). The highest BCUT2D eigenvalue weighted by Gasteiger charge is 2.13. The molecule has 0 aliphatic carbocycles. The Bertz CT molecular complexity index is 57.2. The molecule has 0 N–H and O–H groups in total. The summed E-state index contributed by atoms with van der Waals surface area (Å²) in [6.45, 7) is 6.31. The van der Waals surface area contributed by atoms with E-state index in [1.807, 2.05) is 2.52 Å². The van der Waals surface area contributed by atoms with Gasteiger partial charge in [0.15, 0.2) is 0 Å². The van der Waals surface area contributed by atoms with Crippen LogP contribution in [0.4, 0.5) is 0 Å². The minimum atomic E-state index is 0.184. The average Bonchev–Trinajstić information content (AvgIpc) is 1.31. The topological polar surface area (TPSA) is 3.24 Å². The molecule has 0 radical (unpaired) electrons. The van der Waals surface area contributed by atoms with Crippen LogP contribution in [0.25, 0.3) is 0 Å². The normalized spacial score (nSPS) is 12.9. The smallest absolute Gasteiger partial charge is 0.0330 e. The molecule has 3 heteroatoms. The van der Waals surface area contributed by atoms with Gasteiger partial charge in [0.05, 0.1) is 0 Å². The minimum absolute atomic E-state index is 0.184. The molecule has 0 saturated carbocycles. The van der Waals surface area contributed by atoms with Crippen LogP contribution in [0.15, 0.2) is 0 Å². The van der Waals surface area contributed by atoms with Crippen molar-refractivity contribution in [1.82, 2.24) is 2.52 Å². The summed E-state index contributed by atoms with van der Waals surface area (Å²) in [6, 6.07) is 0. The van der Waals surface area contributed by atoms with Crippen LogP contribution in [-0.4, -0.2) is 8.06 Å². The lowest BCUT2D eigenvalue weighted by Crippen LogP contribution is -2.25. The Morgan fingerprint density at radius 2 is 1.57 bits per heavy atom. The van der Waals surface area contributed by atoms with Crippen molar-refractivity contribution in [1.29, 1.82) is 0 Å². The van der Waals surface area contributed by atoms with Gasteiger partial charge in [-0.2, -0.15) is 2.52 Å². The van der Waals surface area contributed by atoms with Gasteiger partial charge in [-0.25, -0.2) is 0 Å². The van der Waals surface area contributed by atoms with Crippen molar-refractivity contribution >= 4 is 35.7 Å². The first-order valence-electron chi connectivity index (χ1n) is 2.09. The van der Waals surface area contributed by atoms with Crippen LogP contribution >= 0.6 is 35.7 Å². The summed E-state index contributed by atoms with van der Waals surface area (Å²) in [7, 11) is 0. The average molecular weight is 231 g/mol. The van der Waals surface area contributed by atoms with E-state index in [0.717, 1.165) is 0 Å². The zero-order chi connectivity index (χ0) is 6.08. The SMILES string of the molecule is CC(C)(C)N(S)I. The minimum Gasteiger partial charge on any atom is -0.189 e. The predicted molar refractivity (Wildman–Crippen MR) is 44.6 cm³/mol. The molecule has 1 nitrogen and oxygen atoms in total. The maximum absolute atomic E-state index is 4.10. The quantitative estimate of drug-likeness (QED) is 0.380. The summed E-state index contributed by atoms with van der Waals surface area (Å²) in [5, 5.41) is 0. The fraction of sp³-hybridized carbons (Fsp3) is 1.00. The molecule has 0 atom stereocenters. The number of hydrogen-bond acceptors (Lipinski definition) is 2. The summed E-state index contributed by atoms with van der Waals surface area (Å²) in [6.07, 6.45) is 0. The van der Waals surface area contributed by atoms with Crippen LogP contribution in [0.2, 0.25) is 0 Å². The lowest BCUT2D eigenvalue weighted by atomic mass is 10.1. The van der Waals surface area contributed by atoms with E-state index in [-0.39, 0.29) is 5.54 Å². The van der Waals surface area contributed by atoms with Crippen molar-refractivity contribution in [3.05, 3.63) is 0 Å². The lowest BCUT2D eigenvalue weighted by molar-refractivity contribution is 0.439. The molecule has 0 unspecified atom stereocenters. The lowest BCUT2D eigenvalue weighted by Gasteiger charge is -2.23. The van der Waals surface area contributed by atoms with Crippen LogP contribution in [0.1, 0.15) is 20.8 Å². The zero-order valence-electron chi connectivity index (χ0n) is 4.77. The third kappa shape index (κ3) is 3.61. The van der Waals surface area contributed by atoms with E-state index < -0.39 is 0 Å². The van der Waals surface area contributed by atoms with E-state index >= 15 is 0 Å². The number of thiol groups is 1. The van der Waals surface area contributed by atoms with Crippen molar-refractivity contribution in [2.75, 3.05) is 0 Å². The Morgan fingerprint density at radius 3 is 1.57 bits per heavy atom. The zero-order valence-corrected chi connectivity index (χ0v) is 7.82. The van der Waals surface area contributed by atoms with E-state index in [2.05, 4.69) is 56.5 Å². The standard InChI is InChI=1S/C4H10INS/c1-4(2,3)6(5)7/h7H,1-3H3. The molecule has 0 bridgehead atoms. The Hall–Kier alpha value is 1.04. The van der Waals surface area contributed by atoms with E-state index in [4.69, 9.17) is 0 Å². The van der Waals surface area contributed by atoms with Crippen LogP contribution in [0.5, 0.6) is 0 Å². The molecule has 0 aromatic carbocycles. The van der Waals surface area contributed by atoms with E-state index in [1.165, 1.54) is 0 Å². The van der Waals surface area contributed by atoms with E-state index in [9.17, 15) is 0 Å². The fourth-order valence-electron chi connectivity index (χ4n) is 0. The molecule has 0 aromatic rings. The van der Waals surface area contributed by atoms with Gasteiger partial charge in [-0.15, -0.1) is 0 Å². The number of nitrogens with zero attached hydrogens (tertiary/aromatic N) is 1. The second-order valence-corrected chi connectivity index (χ2v) is 4.56. The van der Waals surface area contributed by atoms with Crippen molar-refractivity contribution in [2.24, 2.45) is 0 Å². The van der Waals surface area contributed by atoms with Gasteiger partial charge >= 0.3 is 0 Å². The summed E-state index contributed by atoms with van der Waals surface area (Å²) >= 11 is 6.25. The highest BCUT2D eigenvalue weighted by atomic mass is 127. The van der Waals surface area contributed by atoms with Gasteiger partial charge in [0.2, 0.25) is 0 Å². The molecule has 0 saturated heterocycles. The molecule has 0 fully saturated rings. The van der Waals surface area contributed by atoms with Crippen molar-refractivity contribution < 1.29 is 0 Å². The first-order chi connectivity index (χ1) is 2.94. The van der Waals surface area contributed by atoms with Gasteiger partial charge in [-0.3, -0.25) is 0 Å². The molecule has 44 valence electrons. The fourth-order valence-corrected chi connectivity index (χ4v) is 0. The van der Waals surface area contributed by atoms with Crippen LogP contribution in [0.3, 0.4) is 0 Å². The van der Waals surface area contributed by atoms with Crippen LogP contribution in [-0.2, 0) is 0 Å². The Labute approximate surface area is 64.5 Å². The first-order valence-corrected chi connectivity index (χ1v) is 3.46. The molecule has 0 aliphatic rings. The maximum Gasteiger partial charge on any atom is 0.0330 e. The van der Waals surface area contributed by atoms with E-state index in [0.29, 0.717) is 0 Å². The molecule has 0 heterocycles. The number of halogens is 1. The highest BCUT2D eigenvalue weighted by Crippen LogP contribution is 2.19. The van der Waals surface area contributed by atoms with Crippen molar-refractivity contribution in [3.8, 4) is 0 Å².